The van der Waals surface area contributed by atoms with Crippen LogP contribution in [0.25, 0.3) is 0 Å². The van der Waals surface area contributed by atoms with Crippen molar-refractivity contribution in [1.82, 2.24) is 5.32 Å². The zero-order valence-electron chi connectivity index (χ0n) is 14.1. The number of likely N-dealkylation sites (N-methyl/N-ethyl adjacent to an activating group) is 1. The van der Waals surface area contributed by atoms with Gasteiger partial charge in [0.05, 0.1) is 13.7 Å². The predicted octanol–water partition coefficient (Wildman–Crippen LogP) is 1.56. The van der Waals surface area contributed by atoms with Gasteiger partial charge in [0.2, 0.25) is 0 Å². The summed E-state index contributed by atoms with van der Waals surface area (Å²) in [6.07, 6.45) is 0. The third-order valence-corrected chi connectivity index (χ3v) is 3.45. The average Bonchev–Trinajstić information content (AvgIpc) is 2.65. The predicted molar refractivity (Wildman–Crippen MR) is 93.0 cm³/mol. The summed E-state index contributed by atoms with van der Waals surface area (Å²) in [5, 5.41) is 11.8. The lowest BCUT2D eigenvalue weighted by molar-refractivity contribution is -0.137. The number of phenolic OH excluding ortho intramolecular Hbond substituents is 1. The summed E-state index contributed by atoms with van der Waals surface area (Å²) >= 11 is 0. The second-order valence-corrected chi connectivity index (χ2v) is 5.16. The minimum Gasteiger partial charge on any atom is -0.508 e. The largest absolute Gasteiger partial charge is 0.508 e. The van der Waals surface area contributed by atoms with Crippen LogP contribution in [-0.4, -0.2) is 44.2 Å². The van der Waals surface area contributed by atoms with E-state index in [0.29, 0.717) is 11.4 Å². The third kappa shape index (κ3) is 5.13. The van der Waals surface area contributed by atoms with Gasteiger partial charge in [-0.2, -0.15) is 0 Å². The Labute approximate surface area is 145 Å². The Balaban J connectivity index is 1.77. The van der Waals surface area contributed by atoms with E-state index in [1.54, 1.807) is 43.5 Å². The molecule has 0 heterocycles. The molecule has 0 unspecified atom stereocenters. The van der Waals surface area contributed by atoms with Crippen LogP contribution in [0.3, 0.4) is 0 Å². The maximum Gasteiger partial charge on any atom is 0.316 e. The lowest BCUT2D eigenvalue weighted by Crippen LogP contribution is -2.42. The molecule has 0 aliphatic carbocycles. The molecular formula is C18H20N2O5. The van der Waals surface area contributed by atoms with Crippen LogP contribution in [0.2, 0.25) is 0 Å². The van der Waals surface area contributed by atoms with Crippen molar-refractivity contribution in [2.24, 2.45) is 0 Å². The van der Waals surface area contributed by atoms with E-state index in [2.05, 4.69) is 5.32 Å². The van der Waals surface area contributed by atoms with Gasteiger partial charge < -0.3 is 24.8 Å². The lowest BCUT2D eigenvalue weighted by atomic mass is 10.3. The van der Waals surface area contributed by atoms with E-state index in [4.69, 9.17) is 9.47 Å². The molecule has 0 saturated heterocycles. The zero-order valence-corrected chi connectivity index (χ0v) is 14.1. The van der Waals surface area contributed by atoms with Crippen LogP contribution in [0, 0.1) is 0 Å². The number of methoxy groups -OCH3 is 1. The molecule has 0 fully saturated rings. The number of carbonyl (C=O) groups is 2. The van der Waals surface area contributed by atoms with E-state index in [1.165, 1.54) is 24.1 Å². The molecule has 0 atom stereocenters. The number of aromatic hydroxyl groups is 1. The fourth-order valence-corrected chi connectivity index (χ4v) is 2.03. The average molecular weight is 344 g/mol. The Bertz CT molecular complexity index is 713. The SMILES string of the molecule is COc1ccc(OCCNC(=O)C(=O)N(C)c2ccc(O)cc2)cc1. The maximum atomic E-state index is 12.1. The normalized spacial score (nSPS) is 10.0. The van der Waals surface area contributed by atoms with Crippen molar-refractivity contribution in [2.75, 3.05) is 32.2 Å². The third-order valence-electron chi connectivity index (χ3n) is 3.45. The fourth-order valence-electron chi connectivity index (χ4n) is 2.03. The van der Waals surface area contributed by atoms with E-state index in [0.717, 1.165) is 5.75 Å². The lowest BCUT2D eigenvalue weighted by Gasteiger charge is -2.16. The quantitative estimate of drug-likeness (QED) is 0.613. The number of ether oxygens (including phenoxy) is 2. The van der Waals surface area contributed by atoms with Gasteiger partial charge in [-0.15, -0.1) is 0 Å². The molecule has 132 valence electrons. The Morgan fingerprint density at radius 3 is 2.24 bits per heavy atom. The Morgan fingerprint density at radius 2 is 1.64 bits per heavy atom. The number of amides is 2. The maximum absolute atomic E-state index is 12.1. The highest BCUT2D eigenvalue weighted by molar-refractivity contribution is 6.40. The fraction of sp³-hybridized carbons (Fsp3) is 0.222. The molecule has 0 aromatic heterocycles. The molecule has 0 aliphatic heterocycles. The monoisotopic (exact) mass is 344 g/mol. The molecule has 0 radical (unpaired) electrons. The number of phenols is 1. The van der Waals surface area contributed by atoms with Crippen LogP contribution in [0.15, 0.2) is 48.5 Å². The summed E-state index contributed by atoms with van der Waals surface area (Å²) in [5.41, 5.74) is 0.507. The van der Waals surface area contributed by atoms with Crippen LogP contribution < -0.4 is 19.7 Å². The van der Waals surface area contributed by atoms with Crippen molar-refractivity contribution in [1.29, 1.82) is 0 Å². The van der Waals surface area contributed by atoms with Crippen LogP contribution >= 0.6 is 0 Å². The van der Waals surface area contributed by atoms with Crippen molar-refractivity contribution in [2.45, 2.75) is 0 Å². The Hall–Kier alpha value is -3.22. The number of hydrogen-bond acceptors (Lipinski definition) is 5. The molecular weight excluding hydrogens is 324 g/mol. The van der Waals surface area contributed by atoms with Gasteiger partial charge in [0.1, 0.15) is 23.9 Å². The first kappa shape index (κ1) is 18.1. The number of carbonyl (C=O) groups excluding carboxylic acids is 2. The Kier molecular flexibility index (Phi) is 6.22. The minimum absolute atomic E-state index is 0.0877. The smallest absolute Gasteiger partial charge is 0.316 e. The van der Waals surface area contributed by atoms with E-state index >= 15 is 0 Å². The molecule has 0 aliphatic rings. The van der Waals surface area contributed by atoms with E-state index in [-0.39, 0.29) is 18.9 Å². The molecule has 2 rings (SSSR count). The summed E-state index contributed by atoms with van der Waals surface area (Å²) in [6, 6.07) is 13.0. The molecule has 2 N–H and O–H groups in total. The van der Waals surface area contributed by atoms with Gasteiger partial charge in [0.25, 0.3) is 0 Å². The zero-order chi connectivity index (χ0) is 18.2. The summed E-state index contributed by atoms with van der Waals surface area (Å²) < 4.78 is 10.5. The van der Waals surface area contributed by atoms with Gasteiger partial charge in [-0.25, -0.2) is 0 Å². The Morgan fingerprint density at radius 1 is 1.04 bits per heavy atom. The number of hydrogen-bond donors (Lipinski definition) is 2. The van der Waals surface area contributed by atoms with Gasteiger partial charge in [-0.3, -0.25) is 9.59 Å². The molecule has 0 spiro atoms. The summed E-state index contributed by atoms with van der Waals surface area (Å²) in [5.74, 6) is 0.0277. The second kappa shape index (κ2) is 8.58. The molecule has 7 nitrogen and oxygen atoms in total. The van der Waals surface area contributed by atoms with Crippen LogP contribution in [0.1, 0.15) is 0 Å². The van der Waals surface area contributed by atoms with Gasteiger partial charge in [-0.1, -0.05) is 0 Å². The van der Waals surface area contributed by atoms with Gasteiger partial charge >= 0.3 is 11.8 Å². The molecule has 7 heteroatoms. The summed E-state index contributed by atoms with van der Waals surface area (Å²) in [4.78, 5) is 25.2. The van der Waals surface area contributed by atoms with Crippen molar-refractivity contribution < 1.29 is 24.2 Å². The molecule has 2 aromatic carbocycles. The van der Waals surface area contributed by atoms with E-state index in [9.17, 15) is 14.7 Å². The first-order chi connectivity index (χ1) is 12.0. The molecule has 0 saturated carbocycles. The highest BCUT2D eigenvalue weighted by Gasteiger charge is 2.19. The highest BCUT2D eigenvalue weighted by atomic mass is 16.5. The summed E-state index contributed by atoms with van der Waals surface area (Å²) in [7, 11) is 3.07. The standard InChI is InChI=1S/C18H20N2O5/c1-20(13-3-5-14(21)6-4-13)18(23)17(22)19-11-12-25-16-9-7-15(24-2)8-10-16/h3-10,21H,11-12H2,1-2H3,(H,19,22). The van der Waals surface area contributed by atoms with Crippen LogP contribution in [0.5, 0.6) is 17.2 Å². The molecule has 0 bridgehead atoms. The number of rotatable bonds is 6. The van der Waals surface area contributed by atoms with Crippen molar-refractivity contribution in [3.63, 3.8) is 0 Å². The van der Waals surface area contributed by atoms with Crippen molar-refractivity contribution >= 4 is 17.5 Å². The van der Waals surface area contributed by atoms with Crippen molar-refractivity contribution in [3.05, 3.63) is 48.5 Å². The molecule has 2 amide bonds. The minimum atomic E-state index is -0.728. The van der Waals surface area contributed by atoms with Gasteiger partial charge in [-0.05, 0) is 48.5 Å². The second-order valence-electron chi connectivity index (χ2n) is 5.16. The first-order valence-corrected chi connectivity index (χ1v) is 7.63. The topological polar surface area (TPSA) is 88.1 Å². The van der Waals surface area contributed by atoms with E-state index < -0.39 is 11.8 Å². The van der Waals surface area contributed by atoms with Crippen LogP contribution in [0.4, 0.5) is 5.69 Å². The highest BCUT2D eigenvalue weighted by Crippen LogP contribution is 2.18. The number of nitrogens with one attached hydrogen (secondary N) is 1. The number of benzene rings is 2. The van der Waals surface area contributed by atoms with E-state index in [1.807, 2.05) is 0 Å². The number of nitrogens with zero attached hydrogens (tertiary/aromatic N) is 1. The summed E-state index contributed by atoms with van der Waals surface area (Å²) in [6.45, 7) is 0.425. The molecule has 25 heavy (non-hydrogen) atoms. The van der Waals surface area contributed by atoms with Gasteiger partial charge in [0.15, 0.2) is 0 Å². The van der Waals surface area contributed by atoms with Crippen LogP contribution in [-0.2, 0) is 9.59 Å². The van der Waals surface area contributed by atoms with Gasteiger partial charge in [0, 0.05) is 12.7 Å². The molecule has 2 aromatic rings. The number of anilines is 1. The van der Waals surface area contributed by atoms with Crippen molar-refractivity contribution in [3.8, 4) is 17.2 Å². The first-order valence-electron chi connectivity index (χ1n) is 7.63.